The summed E-state index contributed by atoms with van der Waals surface area (Å²) in [5.74, 6) is -4.39. The number of benzene rings is 2. The predicted octanol–water partition coefficient (Wildman–Crippen LogP) is 5.84. The van der Waals surface area contributed by atoms with Crippen LogP contribution in [-0.2, 0) is 50.9 Å². The minimum atomic E-state index is -1.36. The number of nitrogens with two attached hydrogens (primary N) is 2. The van der Waals surface area contributed by atoms with Crippen molar-refractivity contribution in [3.63, 3.8) is 0 Å². The monoisotopic (exact) mass is 885 g/mol. The van der Waals surface area contributed by atoms with E-state index < -0.39 is 78.5 Å². The average Bonchev–Trinajstić information content (AvgIpc) is 3.62. The number of hydrogen-bond acceptors (Lipinski definition) is 10. The third kappa shape index (κ3) is 12.6. The number of Topliss-reactive ketones (excluding diaryl/α,β-unsaturated/α-hetero) is 3. The van der Waals surface area contributed by atoms with Crippen LogP contribution in [0.25, 0.3) is 11.1 Å². The highest BCUT2D eigenvalue weighted by atomic mass is 16.7. The summed E-state index contributed by atoms with van der Waals surface area (Å²) in [6.45, 7) is 13.9. The van der Waals surface area contributed by atoms with Crippen LogP contribution in [-0.4, -0.2) is 83.7 Å². The highest BCUT2D eigenvalue weighted by molar-refractivity contribution is 6.47. The fourth-order valence-electron chi connectivity index (χ4n) is 10.2. The molecule has 7 N–H and O–H groups in total. The van der Waals surface area contributed by atoms with Crippen LogP contribution < -0.4 is 22.1 Å². The van der Waals surface area contributed by atoms with E-state index in [0.29, 0.717) is 37.6 Å². The summed E-state index contributed by atoms with van der Waals surface area (Å²) < 4.78 is 12.9. The maximum atomic E-state index is 13.8. The third-order valence-corrected chi connectivity index (χ3v) is 14.5. The van der Waals surface area contributed by atoms with Crippen molar-refractivity contribution >= 4 is 42.2 Å². The zero-order chi connectivity index (χ0) is 46.9. The van der Waals surface area contributed by atoms with Gasteiger partial charge >= 0.3 is 7.12 Å². The molecule has 0 radical (unpaired) electrons. The lowest BCUT2D eigenvalue weighted by atomic mass is 9.43. The number of aryl methyl sites for hydroxylation is 1. The Hall–Kier alpha value is -4.24. The van der Waals surface area contributed by atoms with Gasteiger partial charge in [0, 0.05) is 37.5 Å². The zero-order valence-corrected chi connectivity index (χ0v) is 39.2. The van der Waals surface area contributed by atoms with Crippen molar-refractivity contribution in [2.45, 2.75) is 168 Å². The molecular formula is C50H73BN4O9. The van der Waals surface area contributed by atoms with Crippen LogP contribution in [0.3, 0.4) is 0 Å². The molecule has 3 aliphatic carbocycles. The van der Waals surface area contributed by atoms with Gasteiger partial charge in [-0.3, -0.25) is 28.8 Å². The SMILES string of the molecule is CCCCc1ccc(-c2ccc(CC(=O)C[C@@H](CCCCN)C(=O)N[C@H](C(=O)C[C@@H](C)C(=O)N[C@@H](CC(N)=O)C(=O)C[C@@H](C)B3OC4C[C@@H]5C[C@@H](C5(C)C)[C@]4(C)O3)C(C)O)cc2)cc1. The molecular weight excluding hydrogens is 811 g/mol. The standard InChI is InChI=1S/C50H73BN4O9/c1-8-9-12-33-14-18-35(19-15-33)36-20-16-34(17-21-36)25-39(57)26-37(13-10-11-22-52)48(62)55-46(32(4)56)42(59)23-30(2)47(61)54-40(29-45(53)60)41(58)24-31(3)51-63-44-28-38-27-43(49(38,5)6)50(44,7)64-51/h14-21,30-32,37-38,40,43-44,46,56H,8-13,22-29,52H2,1-7H3,(H2,53,60)(H,54,61)(H,55,62)/t30-,31-,32?,37-,38+,40+,43+,44?,46+,50+/m1/s1. The first-order valence-corrected chi connectivity index (χ1v) is 23.6. The summed E-state index contributed by atoms with van der Waals surface area (Å²) >= 11 is 0. The van der Waals surface area contributed by atoms with Gasteiger partial charge < -0.3 is 36.5 Å². The molecule has 0 spiro atoms. The number of primary amides is 1. The molecule has 14 heteroatoms. The van der Waals surface area contributed by atoms with Crippen molar-refractivity contribution in [1.82, 2.24) is 10.6 Å². The number of aliphatic hydroxyl groups excluding tert-OH is 1. The molecule has 3 saturated carbocycles. The zero-order valence-electron chi connectivity index (χ0n) is 39.2. The van der Waals surface area contributed by atoms with Crippen molar-refractivity contribution in [2.24, 2.45) is 40.6 Å². The van der Waals surface area contributed by atoms with Crippen molar-refractivity contribution in [3.8, 4) is 11.1 Å². The largest absolute Gasteiger partial charge is 0.461 e. The van der Waals surface area contributed by atoms with E-state index in [-0.39, 0.29) is 48.8 Å². The first-order valence-electron chi connectivity index (χ1n) is 23.6. The summed E-state index contributed by atoms with van der Waals surface area (Å²) in [7, 11) is -0.622. The molecule has 1 aliphatic heterocycles. The van der Waals surface area contributed by atoms with Gasteiger partial charge in [0.05, 0.1) is 30.3 Å². The lowest BCUT2D eigenvalue weighted by Gasteiger charge is -2.64. The highest BCUT2D eigenvalue weighted by Gasteiger charge is 2.68. The first-order chi connectivity index (χ1) is 30.3. The number of rotatable bonds is 26. The van der Waals surface area contributed by atoms with Gasteiger partial charge in [0.2, 0.25) is 17.7 Å². The number of amides is 3. The molecule has 350 valence electrons. The molecule has 0 aromatic heterocycles. The van der Waals surface area contributed by atoms with Crippen LogP contribution in [0.2, 0.25) is 5.82 Å². The number of nitrogens with one attached hydrogen (secondary N) is 2. The molecule has 3 amide bonds. The summed E-state index contributed by atoms with van der Waals surface area (Å²) in [4.78, 5) is 80.0. The molecule has 2 bridgehead atoms. The van der Waals surface area contributed by atoms with E-state index in [1.165, 1.54) is 19.4 Å². The molecule has 13 nitrogen and oxygen atoms in total. The van der Waals surface area contributed by atoms with Crippen molar-refractivity contribution in [1.29, 1.82) is 0 Å². The van der Waals surface area contributed by atoms with Crippen LogP contribution in [0, 0.1) is 29.1 Å². The Bertz CT molecular complexity index is 1960. The smallest absolute Gasteiger partial charge is 0.405 e. The van der Waals surface area contributed by atoms with Crippen LogP contribution in [0.5, 0.6) is 0 Å². The van der Waals surface area contributed by atoms with E-state index in [1.54, 1.807) is 0 Å². The summed E-state index contributed by atoms with van der Waals surface area (Å²) in [5.41, 5.74) is 15.2. The van der Waals surface area contributed by atoms with E-state index >= 15 is 0 Å². The number of hydrogen-bond donors (Lipinski definition) is 5. The Morgan fingerprint density at radius 2 is 1.45 bits per heavy atom. The lowest BCUT2D eigenvalue weighted by molar-refractivity contribution is -0.199. The van der Waals surface area contributed by atoms with E-state index in [0.717, 1.165) is 48.8 Å². The second-order valence-electron chi connectivity index (χ2n) is 19.9. The van der Waals surface area contributed by atoms with Crippen LogP contribution in [0.4, 0.5) is 0 Å². The second-order valence-corrected chi connectivity index (χ2v) is 19.9. The molecule has 1 heterocycles. The summed E-state index contributed by atoms with van der Waals surface area (Å²) in [6.07, 6.45) is 4.74. The Morgan fingerprint density at radius 3 is 2.03 bits per heavy atom. The molecule has 2 aromatic rings. The molecule has 64 heavy (non-hydrogen) atoms. The predicted molar refractivity (Wildman–Crippen MR) is 248 cm³/mol. The van der Waals surface area contributed by atoms with Crippen LogP contribution in [0.15, 0.2) is 48.5 Å². The molecule has 2 aromatic carbocycles. The van der Waals surface area contributed by atoms with Crippen molar-refractivity contribution in [3.05, 3.63) is 59.7 Å². The molecule has 4 aliphatic rings. The van der Waals surface area contributed by atoms with Crippen molar-refractivity contribution < 1.29 is 43.2 Å². The Balaban J connectivity index is 1.14. The van der Waals surface area contributed by atoms with Crippen molar-refractivity contribution in [2.75, 3.05) is 6.54 Å². The Labute approximate surface area is 380 Å². The van der Waals surface area contributed by atoms with Gasteiger partial charge in [0.1, 0.15) is 11.8 Å². The number of carbonyl (C=O) groups excluding carboxylic acids is 6. The Kier molecular flexibility index (Phi) is 17.7. The van der Waals surface area contributed by atoms with Crippen LogP contribution in [0.1, 0.15) is 130 Å². The van der Waals surface area contributed by atoms with Gasteiger partial charge in [-0.1, -0.05) is 96.0 Å². The Morgan fingerprint density at radius 1 is 0.812 bits per heavy atom. The molecule has 10 atom stereocenters. The quantitative estimate of drug-likeness (QED) is 0.0562. The first kappa shape index (κ1) is 50.8. The molecule has 6 rings (SSSR count). The van der Waals surface area contributed by atoms with E-state index in [4.69, 9.17) is 20.8 Å². The fraction of sp³-hybridized carbons (Fsp3) is 0.640. The highest BCUT2D eigenvalue weighted by Crippen LogP contribution is 2.66. The van der Waals surface area contributed by atoms with E-state index in [2.05, 4.69) is 62.6 Å². The maximum absolute atomic E-state index is 13.8. The van der Waals surface area contributed by atoms with E-state index in [1.807, 2.05) is 31.2 Å². The number of carbonyl (C=O) groups is 6. The molecule has 4 fully saturated rings. The average molecular weight is 885 g/mol. The topological polar surface area (TPSA) is 217 Å². The maximum Gasteiger partial charge on any atom is 0.461 e. The van der Waals surface area contributed by atoms with Gasteiger partial charge in [-0.25, -0.2) is 0 Å². The minimum absolute atomic E-state index is 0.0396. The lowest BCUT2D eigenvalue weighted by Crippen LogP contribution is -2.65. The minimum Gasteiger partial charge on any atom is -0.405 e. The van der Waals surface area contributed by atoms with Gasteiger partial charge in [-0.2, -0.15) is 0 Å². The van der Waals surface area contributed by atoms with Gasteiger partial charge in [0.25, 0.3) is 0 Å². The number of aliphatic hydroxyl groups is 1. The van der Waals surface area contributed by atoms with Gasteiger partial charge in [0.15, 0.2) is 11.6 Å². The number of unbranched alkanes of at least 4 members (excludes halogenated alkanes) is 2. The number of ketones is 3. The van der Waals surface area contributed by atoms with Crippen LogP contribution >= 0.6 is 0 Å². The van der Waals surface area contributed by atoms with E-state index in [9.17, 15) is 33.9 Å². The second kappa shape index (κ2) is 22.3. The van der Waals surface area contributed by atoms with Gasteiger partial charge in [-0.05, 0) is 104 Å². The normalized spacial score (nSPS) is 23.6. The third-order valence-electron chi connectivity index (χ3n) is 14.5. The molecule has 2 unspecified atom stereocenters. The van der Waals surface area contributed by atoms with Gasteiger partial charge in [-0.15, -0.1) is 0 Å². The summed E-state index contributed by atoms with van der Waals surface area (Å²) in [6, 6.07) is 13.7. The molecule has 1 saturated heterocycles. The summed E-state index contributed by atoms with van der Waals surface area (Å²) in [5, 5.41) is 16.0. The fourth-order valence-corrected chi connectivity index (χ4v) is 10.2.